The zero-order chi connectivity index (χ0) is 25.7. The van der Waals surface area contributed by atoms with Gasteiger partial charge < -0.3 is 14.8 Å². The topological polar surface area (TPSA) is 95.3 Å². The maximum Gasteiger partial charge on any atom is 0.341 e. The molecule has 1 N–H and O–H groups in total. The van der Waals surface area contributed by atoms with Gasteiger partial charge in [-0.15, -0.1) is 28.1 Å². The van der Waals surface area contributed by atoms with E-state index >= 15 is 0 Å². The molecular weight excluding hydrogens is 496 g/mol. The lowest BCUT2D eigenvalue weighted by Crippen LogP contribution is -2.17. The molecule has 0 saturated carbocycles. The number of nitrogens with one attached hydrogen (secondary N) is 1. The Morgan fingerprint density at radius 3 is 2.72 bits per heavy atom. The second kappa shape index (κ2) is 11.7. The van der Waals surface area contributed by atoms with E-state index in [9.17, 15) is 9.59 Å². The summed E-state index contributed by atoms with van der Waals surface area (Å²) in [4.78, 5) is 26.5. The van der Waals surface area contributed by atoms with Gasteiger partial charge in [-0.2, -0.15) is 0 Å². The molecule has 1 amide bonds. The Bertz CT molecular complexity index is 1260. The Labute approximate surface area is 219 Å². The van der Waals surface area contributed by atoms with Crippen molar-refractivity contribution in [3.05, 3.63) is 63.8 Å². The van der Waals surface area contributed by atoms with E-state index in [1.54, 1.807) is 13.0 Å². The summed E-state index contributed by atoms with van der Waals surface area (Å²) >= 11 is 2.75. The molecule has 0 bridgehead atoms. The van der Waals surface area contributed by atoms with E-state index in [0.717, 1.165) is 46.6 Å². The van der Waals surface area contributed by atoms with Crippen LogP contribution in [0.3, 0.4) is 0 Å². The predicted molar refractivity (Wildman–Crippen MR) is 142 cm³/mol. The minimum absolute atomic E-state index is 0.123. The van der Waals surface area contributed by atoms with Crippen molar-refractivity contribution < 1.29 is 19.1 Å². The van der Waals surface area contributed by atoms with E-state index in [0.29, 0.717) is 34.7 Å². The fourth-order valence-corrected chi connectivity index (χ4v) is 6.27. The van der Waals surface area contributed by atoms with Crippen LogP contribution in [0.15, 0.2) is 36.0 Å². The quantitative estimate of drug-likeness (QED) is 0.211. The third kappa shape index (κ3) is 5.99. The van der Waals surface area contributed by atoms with Gasteiger partial charge in [-0.25, -0.2) is 4.79 Å². The molecule has 0 aliphatic heterocycles. The van der Waals surface area contributed by atoms with Crippen LogP contribution < -0.4 is 10.1 Å². The summed E-state index contributed by atoms with van der Waals surface area (Å²) in [5.41, 5.74) is 3.78. The number of allylic oxidation sites excluding steroid dienone is 1. The largest absolute Gasteiger partial charge is 0.486 e. The molecule has 0 fully saturated rings. The van der Waals surface area contributed by atoms with Gasteiger partial charge in [0.25, 0.3) is 0 Å². The highest BCUT2D eigenvalue weighted by atomic mass is 32.2. The number of esters is 1. The summed E-state index contributed by atoms with van der Waals surface area (Å²) in [6.07, 6.45) is 4.54. The normalized spacial score (nSPS) is 12.3. The van der Waals surface area contributed by atoms with Gasteiger partial charge in [0.15, 0.2) is 11.0 Å². The maximum atomic E-state index is 12.8. The van der Waals surface area contributed by atoms with Crippen molar-refractivity contribution in [3.8, 4) is 5.75 Å². The molecule has 0 spiro atoms. The molecule has 8 nitrogen and oxygen atoms in total. The lowest BCUT2D eigenvalue weighted by atomic mass is 10.1. The second-order valence-corrected chi connectivity index (χ2v) is 10.6. The van der Waals surface area contributed by atoms with Crippen molar-refractivity contribution >= 4 is 40.0 Å². The Hall–Kier alpha value is -3.11. The molecule has 0 atom stereocenters. The monoisotopic (exact) mass is 526 g/mol. The fraction of sp³-hybridized carbons (Fsp3) is 0.385. The van der Waals surface area contributed by atoms with Gasteiger partial charge >= 0.3 is 5.97 Å². The Morgan fingerprint density at radius 1 is 1.22 bits per heavy atom. The molecular formula is C26H30N4O4S2. The lowest BCUT2D eigenvalue weighted by Gasteiger charge is -2.10. The first-order valence-electron chi connectivity index (χ1n) is 11.9. The number of nitrogens with zero attached hydrogens (tertiary/aromatic N) is 3. The zero-order valence-corrected chi connectivity index (χ0v) is 22.4. The molecule has 190 valence electrons. The molecule has 2 heterocycles. The number of thioether (sulfide) groups is 1. The van der Waals surface area contributed by atoms with Gasteiger partial charge in [0.1, 0.15) is 17.4 Å². The number of rotatable bonds is 11. The van der Waals surface area contributed by atoms with Crippen LogP contribution in [0.2, 0.25) is 0 Å². The first-order chi connectivity index (χ1) is 17.4. The highest BCUT2D eigenvalue weighted by Gasteiger charge is 2.28. The first kappa shape index (κ1) is 26.0. The van der Waals surface area contributed by atoms with E-state index in [1.807, 2.05) is 30.5 Å². The summed E-state index contributed by atoms with van der Waals surface area (Å²) < 4.78 is 13.1. The third-order valence-electron chi connectivity index (χ3n) is 5.65. The number of hydrogen-bond donors (Lipinski definition) is 1. The number of carbonyl (C=O) groups excluding carboxylic acids is 2. The third-order valence-corrected chi connectivity index (χ3v) is 7.83. The van der Waals surface area contributed by atoms with E-state index in [-0.39, 0.29) is 24.2 Å². The minimum atomic E-state index is -0.376. The summed E-state index contributed by atoms with van der Waals surface area (Å²) in [5.74, 6) is 0.953. The Kier molecular flexibility index (Phi) is 8.48. The van der Waals surface area contributed by atoms with Gasteiger partial charge in [0.2, 0.25) is 5.91 Å². The van der Waals surface area contributed by atoms with Gasteiger partial charge in [0, 0.05) is 11.4 Å². The molecule has 2 aromatic heterocycles. The zero-order valence-electron chi connectivity index (χ0n) is 20.8. The van der Waals surface area contributed by atoms with E-state index in [1.165, 1.54) is 23.1 Å². The number of carbonyl (C=O) groups is 2. The molecule has 0 radical (unpaired) electrons. The average Bonchev–Trinajstić information content (AvgIpc) is 3.51. The van der Waals surface area contributed by atoms with Crippen molar-refractivity contribution in [3.63, 3.8) is 0 Å². The van der Waals surface area contributed by atoms with Gasteiger partial charge in [0.05, 0.1) is 17.9 Å². The number of anilines is 1. The van der Waals surface area contributed by atoms with Crippen LogP contribution >= 0.6 is 23.1 Å². The number of aromatic nitrogens is 3. The number of aryl methyl sites for hydroxylation is 3. The van der Waals surface area contributed by atoms with Gasteiger partial charge in [-0.1, -0.05) is 23.9 Å². The van der Waals surface area contributed by atoms with Crippen molar-refractivity contribution in [1.82, 2.24) is 14.8 Å². The van der Waals surface area contributed by atoms with Crippen LogP contribution in [0.25, 0.3) is 0 Å². The van der Waals surface area contributed by atoms with Crippen LogP contribution in [0.4, 0.5) is 5.00 Å². The molecule has 1 aliphatic carbocycles. The second-order valence-electron chi connectivity index (χ2n) is 8.53. The van der Waals surface area contributed by atoms with Crippen LogP contribution in [-0.2, 0) is 35.5 Å². The predicted octanol–water partition coefficient (Wildman–Crippen LogP) is 5.12. The van der Waals surface area contributed by atoms with Crippen molar-refractivity contribution in [2.75, 3.05) is 17.7 Å². The lowest BCUT2D eigenvalue weighted by molar-refractivity contribution is -0.113. The molecule has 1 aromatic carbocycles. The molecule has 0 unspecified atom stereocenters. The number of benzene rings is 1. The van der Waals surface area contributed by atoms with Crippen LogP contribution in [-0.4, -0.2) is 39.0 Å². The van der Waals surface area contributed by atoms with E-state index in [4.69, 9.17) is 9.47 Å². The van der Waals surface area contributed by atoms with Crippen LogP contribution in [0, 0.1) is 13.8 Å². The number of hydrogen-bond acceptors (Lipinski definition) is 8. The van der Waals surface area contributed by atoms with Crippen LogP contribution in [0.1, 0.15) is 51.1 Å². The highest BCUT2D eigenvalue weighted by molar-refractivity contribution is 7.99. The van der Waals surface area contributed by atoms with Crippen molar-refractivity contribution in [2.24, 2.45) is 0 Å². The Morgan fingerprint density at radius 2 is 2.00 bits per heavy atom. The van der Waals surface area contributed by atoms with Crippen LogP contribution in [0.5, 0.6) is 5.75 Å². The molecule has 3 aromatic rings. The van der Waals surface area contributed by atoms with E-state index in [2.05, 4.69) is 28.2 Å². The summed E-state index contributed by atoms with van der Waals surface area (Å²) in [6.45, 7) is 10.7. The number of ether oxygens (including phenoxy) is 2. The fourth-order valence-electron chi connectivity index (χ4n) is 4.21. The molecule has 0 saturated heterocycles. The summed E-state index contributed by atoms with van der Waals surface area (Å²) in [5, 5.41) is 12.6. The van der Waals surface area contributed by atoms with Gasteiger partial charge in [-0.3, -0.25) is 9.36 Å². The minimum Gasteiger partial charge on any atom is -0.486 e. The van der Waals surface area contributed by atoms with Crippen molar-refractivity contribution in [2.45, 2.75) is 58.3 Å². The summed E-state index contributed by atoms with van der Waals surface area (Å²) in [6, 6.07) is 6.05. The smallest absolute Gasteiger partial charge is 0.341 e. The SMILES string of the molecule is C=CCn1c(COc2cc(C)cc(C)c2)nnc1SCC(=O)Nc1sc2c(c1C(=O)OCC)CCC2. The molecule has 4 rings (SSSR count). The van der Waals surface area contributed by atoms with Gasteiger partial charge in [-0.05, 0) is 68.9 Å². The number of fused-ring (bicyclic) bond motifs is 1. The number of thiophene rings is 1. The molecule has 36 heavy (non-hydrogen) atoms. The number of amides is 1. The Balaban J connectivity index is 1.41. The maximum absolute atomic E-state index is 12.8. The van der Waals surface area contributed by atoms with Crippen molar-refractivity contribution in [1.29, 1.82) is 0 Å². The summed E-state index contributed by atoms with van der Waals surface area (Å²) in [7, 11) is 0. The molecule has 10 heteroatoms. The first-order valence-corrected chi connectivity index (χ1v) is 13.7. The standard InChI is InChI=1S/C26H30N4O4S2/c1-5-10-30-21(14-34-18-12-16(3)11-17(4)13-18)28-29-26(30)35-15-22(31)27-24-23(25(32)33-6-2)19-8-7-9-20(19)36-24/h5,11-13H,1,6-10,14-15H2,2-4H3,(H,27,31). The highest BCUT2D eigenvalue weighted by Crippen LogP contribution is 2.39. The average molecular weight is 527 g/mol. The van der Waals surface area contributed by atoms with E-state index < -0.39 is 0 Å². The molecule has 1 aliphatic rings.